The van der Waals surface area contributed by atoms with Gasteiger partial charge in [0.25, 0.3) is 0 Å². The molecule has 0 radical (unpaired) electrons. The summed E-state index contributed by atoms with van der Waals surface area (Å²) in [6.45, 7) is -0.790. The molecule has 0 aliphatic rings. The fraction of sp³-hybridized carbons (Fsp3) is 0.300. The first-order valence-electron chi connectivity index (χ1n) is 4.39. The average Bonchev–Trinajstić information content (AvgIpc) is 2.20. The Bertz CT molecular complexity index is 368. The quantitative estimate of drug-likeness (QED) is 0.691. The van der Waals surface area contributed by atoms with Gasteiger partial charge >= 0.3 is 5.97 Å². The van der Waals surface area contributed by atoms with Crippen molar-refractivity contribution in [2.75, 3.05) is 0 Å². The van der Waals surface area contributed by atoms with Crippen LogP contribution >= 0.6 is 0 Å². The Labute approximate surface area is 86.1 Å². The van der Waals surface area contributed by atoms with Crippen LogP contribution in [0.3, 0.4) is 0 Å². The first-order valence-corrected chi connectivity index (χ1v) is 4.39. The van der Waals surface area contributed by atoms with Crippen LogP contribution in [0, 0.1) is 0 Å². The number of phenols is 1. The summed E-state index contributed by atoms with van der Waals surface area (Å²) < 4.78 is 12.4. The van der Waals surface area contributed by atoms with Crippen molar-refractivity contribution in [3.63, 3.8) is 0 Å². The van der Waals surface area contributed by atoms with Crippen LogP contribution in [0.25, 0.3) is 0 Å². The van der Waals surface area contributed by atoms with Crippen LogP contribution in [0.2, 0.25) is 0 Å². The summed E-state index contributed by atoms with van der Waals surface area (Å²) in [4.78, 5) is 10.5. The number of hydrogen-bond acceptors (Lipinski definition) is 3. The van der Waals surface area contributed by atoms with Crippen LogP contribution in [0.4, 0.5) is 4.39 Å². The number of carboxylic acids is 1. The topological polar surface area (TPSA) is 83.5 Å². The van der Waals surface area contributed by atoms with Crippen molar-refractivity contribution in [2.24, 2.45) is 5.73 Å². The summed E-state index contributed by atoms with van der Waals surface area (Å²) >= 11 is 0. The predicted molar refractivity (Wildman–Crippen MR) is 52.2 cm³/mol. The normalized spacial score (nSPS) is 12.4. The Morgan fingerprint density at radius 1 is 1.53 bits per heavy atom. The van der Waals surface area contributed by atoms with E-state index in [1.54, 1.807) is 0 Å². The lowest BCUT2D eigenvalue weighted by Crippen LogP contribution is -2.32. The molecule has 0 aliphatic heterocycles. The maximum atomic E-state index is 12.4. The SMILES string of the molecule is N[C@@H](Cc1ccc(O)c(CF)c1)C(=O)O. The molecule has 1 aromatic carbocycles. The minimum atomic E-state index is -1.11. The van der Waals surface area contributed by atoms with E-state index in [0.29, 0.717) is 5.56 Å². The number of aromatic hydroxyl groups is 1. The van der Waals surface area contributed by atoms with Crippen LogP contribution < -0.4 is 5.73 Å². The number of halogens is 1. The molecule has 0 aromatic heterocycles. The fourth-order valence-corrected chi connectivity index (χ4v) is 1.21. The predicted octanol–water partition coefficient (Wildman–Crippen LogP) is 0.816. The molecule has 0 spiro atoms. The minimum absolute atomic E-state index is 0.114. The second kappa shape index (κ2) is 4.75. The van der Waals surface area contributed by atoms with Gasteiger partial charge < -0.3 is 15.9 Å². The Balaban J connectivity index is 2.83. The molecule has 0 heterocycles. The van der Waals surface area contributed by atoms with Crippen molar-refractivity contribution in [3.8, 4) is 5.75 Å². The zero-order valence-corrected chi connectivity index (χ0v) is 7.98. The minimum Gasteiger partial charge on any atom is -0.508 e. The summed E-state index contributed by atoms with van der Waals surface area (Å²) in [5.74, 6) is -1.24. The number of carbonyl (C=O) groups is 1. The maximum Gasteiger partial charge on any atom is 0.320 e. The fourth-order valence-electron chi connectivity index (χ4n) is 1.21. The van der Waals surface area contributed by atoms with Gasteiger partial charge in [-0.25, -0.2) is 4.39 Å². The van der Waals surface area contributed by atoms with Crippen LogP contribution in [-0.4, -0.2) is 22.2 Å². The summed E-state index contributed by atoms with van der Waals surface area (Å²) in [5.41, 5.74) is 6.06. The second-order valence-corrected chi connectivity index (χ2v) is 3.25. The highest BCUT2D eigenvalue weighted by molar-refractivity contribution is 5.73. The van der Waals surface area contributed by atoms with Gasteiger partial charge in [-0.3, -0.25) is 4.79 Å². The molecule has 4 nitrogen and oxygen atoms in total. The van der Waals surface area contributed by atoms with Crippen LogP contribution in [0.1, 0.15) is 11.1 Å². The molecule has 15 heavy (non-hydrogen) atoms. The first-order chi connectivity index (χ1) is 7.04. The molecule has 5 heteroatoms. The Kier molecular flexibility index (Phi) is 3.62. The van der Waals surface area contributed by atoms with Gasteiger partial charge in [0.2, 0.25) is 0 Å². The van der Waals surface area contributed by atoms with E-state index in [4.69, 9.17) is 10.8 Å². The third kappa shape index (κ3) is 2.92. The van der Waals surface area contributed by atoms with Crippen LogP contribution in [0.5, 0.6) is 5.75 Å². The largest absolute Gasteiger partial charge is 0.508 e. The van der Waals surface area contributed by atoms with Gasteiger partial charge in [-0.1, -0.05) is 6.07 Å². The molecule has 0 unspecified atom stereocenters. The third-order valence-corrected chi connectivity index (χ3v) is 2.06. The zero-order valence-electron chi connectivity index (χ0n) is 7.98. The van der Waals surface area contributed by atoms with Crippen molar-refractivity contribution in [1.29, 1.82) is 0 Å². The third-order valence-electron chi connectivity index (χ3n) is 2.06. The van der Waals surface area contributed by atoms with Gasteiger partial charge in [-0.05, 0) is 24.1 Å². The summed E-state index contributed by atoms with van der Waals surface area (Å²) in [5, 5.41) is 17.8. The number of nitrogens with two attached hydrogens (primary N) is 1. The highest BCUT2D eigenvalue weighted by atomic mass is 19.1. The average molecular weight is 213 g/mol. The summed E-state index contributed by atoms with van der Waals surface area (Å²) in [6.07, 6.45) is 0.114. The molecule has 4 N–H and O–H groups in total. The zero-order chi connectivity index (χ0) is 11.4. The van der Waals surface area contributed by atoms with E-state index in [-0.39, 0.29) is 17.7 Å². The monoisotopic (exact) mass is 213 g/mol. The molecular weight excluding hydrogens is 201 g/mol. The van der Waals surface area contributed by atoms with E-state index >= 15 is 0 Å². The Morgan fingerprint density at radius 2 is 2.20 bits per heavy atom. The van der Waals surface area contributed by atoms with Gasteiger partial charge in [-0.15, -0.1) is 0 Å². The van der Waals surface area contributed by atoms with Gasteiger partial charge in [0.05, 0.1) is 0 Å². The molecule has 1 rings (SSSR count). The Hall–Kier alpha value is -1.62. The molecule has 0 fully saturated rings. The number of alkyl halides is 1. The van der Waals surface area contributed by atoms with E-state index in [2.05, 4.69) is 0 Å². The van der Waals surface area contributed by atoms with Crippen molar-refractivity contribution in [2.45, 2.75) is 19.1 Å². The van der Waals surface area contributed by atoms with Gasteiger partial charge in [0, 0.05) is 5.56 Å². The summed E-state index contributed by atoms with van der Waals surface area (Å²) in [7, 11) is 0. The number of benzene rings is 1. The molecular formula is C10H12FNO3. The molecule has 0 amide bonds. The van der Waals surface area contributed by atoms with E-state index in [1.165, 1.54) is 18.2 Å². The lowest BCUT2D eigenvalue weighted by atomic mass is 10.0. The highest BCUT2D eigenvalue weighted by Gasteiger charge is 2.13. The molecule has 0 saturated carbocycles. The van der Waals surface area contributed by atoms with Gasteiger partial charge in [0.15, 0.2) is 0 Å². The number of carboxylic acid groups (broad SMARTS) is 1. The van der Waals surface area contributed by atoms with Crippen molar-refractivity contribution >= 4 is 5.97 Å². The van der Waals surface area contributed by atoms with Crippen molar-refractivity contribution in [1.82, 2.24) is 0 Å². The lowest BCUT2D eigenvalue weighted by Gasteiger charge is -2.08. The van der Waals surface area contributed by atoms with Crippen molar-refractivity contribution < 1.29 is 19.4 Å². The lowest BCUT2D eigenvalue weighted by molar-refractivity contribution is -0.138. The van der Waals surface area contributed by atoms with Gasteiger partial charge in [-0.2, -0.15) is 0 Å². The van der Waals surface area contributed by atoms with Gasteiger partial charge in [0.1, 0.15) is 18.5 Å². The number of phenolic OH excluding ortho intramolecular Hbond substituents is 1. The number of aliphatic carboxylic acids is 1. The van der Waals surface area contributed by atoms with E-state index < -0.39 is 18.7 Å². The number of hydrogen-bond donors (Lipinski definition) is 3. The standard InChI is InChI=1S/C10H12FNO3/c11-5-7-3-6(1-2-9(7)13)4-8(12)10(14)15/h1-3,8,13H,4-5,12H2,(H,14,15)/t8-/m0/s1. The summed E-state index contributed by atoms with van der Waals surface area (Å²) in [6, 6.07) is 3.26. The molecule has 0 aliphatic carbocycles. The molecule has 1 aromatic rings. The van der Waals surface area contributed by atoms with E-state index in [1.807, 2.05) is 0 Å². The molecule has 82 valence electrons. The Morgan fingerprint density at radius 3 is 2.73 bits per heavy atom. The first kappa shape index (κ1) is 11.5. The van der Waals surface area contributed by atoms with E-state index in [9.17, 15) is 14.3 Å². The number of rotatable bonds is 4. The second-order valence-electron chi connectivity index (χ2n) is 3.25. The maximum absolute atomic E-state index is 12.4. The van der Waals surface area contributed by atoms with Crippen LogP contribution in [0.15, 0.2) is 18.2 Å². The molecule has 0 saturated heterocycles. The highest BCUT2D eigenvalue weighted by Crippen LogP contribution is 2.20. The molecule has 1 atom stereocenters. The van der Waals surface area contributed by atoms with E-state index in [0.717, 1.165) is 0 Å². The molecule has 0 bridgehead atoms. The van der Waals surface area contributed by atoms with Crippen molar-refractivity contribution in [3.05, 3.63) is 29.3 Å². The smallest absolute Gasteiger partial charge is 0.320 e. The van der Waals surface area contributed by atoms with Crippen LogP contribution in [-0.2, 0) is 17.9 Å².